The topological polar surface area (TPSA) is 63.8 Å². The number of nitrogens with zero attached hydrogens (tertiary/aromatic N) is 1. The molecule has 3 aromatic rings. The van der Waals surface area contributed by atoms with E-state index in [-0.39, 0.29) is 5.91 Å². The molecule has 0 fully saturated rings. The number of furan rings is 1. The maximum Gasteiger partial charge on any atom is 0.271 e. The summed E-state index contributed by atoms with van der Waals surface area (Å²) >= 11 is 3.52. The van der Waals surface area contributed by atoms with Crippen LogP contribution in [-0.4, -0.2) is 18.7 Å². The number of rotatable bonds is 7. The van der Waals surface area contributed by atoms with Crippen LogP contribution in [0, 0.1) is 6.92 Å². The number of halogens is 1. The highest BCUT2D eigenvalue weighted by Crippen LogP contribution is 2.26. The number of amides is 1. The SMILES string of the molecule is CCCOc1ccc(C(=O)N/N=C\c2ccc(-c3ccc(C)c(Br)c3)o2)cc1. The molecule has 0 aliphatic rings. The van der Waals surface area contributed by atoms with Gasteiger partial charge in [0.1, 0.15) is 17.3 Å². The van der Waals surface area contributed by atoms with Crippen LogP contribution in [0.25, 0.3) is 11.3 Å². The van der Waals surface area contributed by atoms with Gasteiger partial charge in [-0.15, -0.1) is 0 Å². The van der Waals surface area contributed by atoms with Gasteiger partial charge in [-0.3, -0.25) is 4.79 Å². The van der Waals surface area contributed by atoms with Crippen LogP contribution in [0.3, 0.4) is 0 Å². The minimum Gasteiger partial charge on any atom is -0.494 e. The maximum absolute atomic E-state index is 12.2. The summed E-state index contributed by atoms with van der Waals surface area (Å²) in [6.07, 6.45) is 2.41. The van der Waals surface area contributed by atoms with Crippen LogP contribution in [0.2, 0.25) is 0 Å². The highest BCUT2D eigenvalue weighted by molar-refractivity contribution is 9.10. The number of benzene rings is 2. The highest BCUT2D eigenvalue weighted by atomic mass is 79.9. The monoisotopic (exact) mass is 440 g/mol. The first kappa shape index (κ1) is 19.9. The number of hydrogen-bond donors (Lipinski definition) is 1. The molecule has 0 saturated carbocycles. The molecule has 5 nitrogen and oxygen atoms in total. The molecule has 1 N–H and O–H groups in total. The molecule has 0 aliphatic heterocycles. The minimum absolute atomic E-state index is 0.299. The van der Waals surface area contributed by atoms with E-state index in [1.165, 1.54) is 6.21 Å². The Kier molecular flexibility index (Phi) is 6.66. The second-order valence-corrected chi connectivity index (χ2v) is 7.09. The minimum atomic E-state index is -0.299. The fourth-order valence-corrected chi connectivity index (χ4v) is 2.84. The van der Waals surface area contributed by atoms with Crippen LogP contribution in [0.5, 0.6) is 5.75 Å². The van der Waals surface area contributed by atoms with Gasteiger partial charge in [-0.25, -0.2) is 5.43 Å². The zero-order valence-corrected chi connectivity index (χ0v) is 17.3. The summed E-state index contributed by atoms with van der Waals surface area (Å²) in [5.74, 6) is 1.73. The van der Waals surface area contributed by atoms with Crippen LogP contribution in [-0.2, 0) is 0 Å². The average molecular weight is 441 g/mol. The molecule has 0 radical (unpaired) electrons. The molecule has 0 spiro atoms. The number of aryl methyl sites for hydroxylation is 1. The predicted molar refractivity (Wildman–Crippen MR) is 114 cm³/mol. The van der Waals surface area contributed by atoms with Crippen molar-refractivity contribution in [3.8, 4) is 17.1 Å². The fraction of sp³-hybridized carbons (Fsp3) is 0.182. The van der Waals surface area contributed by atoms with Gasteiger partial charge in [-0.1, -0.05) is 35.0 Å². The molecule has 144 valence electrons. The van der Waals surface area contributed by atoms with E-state index in [1.54, 1.807) is 30.3 Å². The third-order valence-corrected chi connectivity index (χ3v) is 4.88. The van der Waals surface area contributed by atoms with Crippen molar-refractivity contribution in [2.45, 2.75) is 20.3 Å². The summed E-state index contributed by atoms with van der Waals surface area (Å²) in [5, 5.41) is 3.97. The third-order valence-electron chi connectivity index (χ3n) is 4.03. The summed E-state index contributed by atoms with van der Waals surface area (Å²) in [4.78, 5) is 12.2. The fourth-order valence-electron chi connectivity index (χ4n) is 2.47. The number of nitrogens with one attached hydrogen (secondary N) is 1. The van der Waals surface area contributed by atoms with E-state index in [2.05, 4.69) is 26.5 Å². The Morgan fingerprint density at radius 3 is 2.68 bits per heavy atom. The van der Waals surface area contributed by atoms with Crippen molar-refractivity contribution < 1.29 is 13.9 Å². The Hall–Kier alpha value is -2.86. The lowest BCUT2D eigenvalue weighted by molar-refractivity contribution is 0.0955. The quantitative estimate of drug-likeness (QED) is 0.385. The van der Waals surface area contributed by atoms with Crippen molar-refractivity contribution in [2.24, 2.45) is 5.10 Å². The Labute approximate surface area is 172 Å². The van der Waals surface area contributed by atoms with Gasteiger partial charge in [0.15, 0.2) is 0 Å². The summed E-state index contributed by atoms with van der Waals surface area (Å²) in [6, 6.07) is 16.6. The highest BCUT2D eigenvalue weighted by Gasteiger charge is 2.07. The first-order valence-electron chi connectivity index (χ1n) is 8.99. The van der Waals surface area contributed by atoms with Gasteiger partial charge >= 0.3 is 0 Å². The lowest BCUT2D eigenvalue weighted by Gasteiger charge is -2.05. The number of carbonyl (C=O) groups is 1. The van der Waals surface area contributed by atoms with E-state index >= 15 is 0 Å². The Balaban J connectivity index is 1.59. The first-order chi connectivity index (χ1) is 13.6. The molecule has 6 heteroatoms. The van der Waals surface area contributed by atoms with Crippen LogP contribution in [0.1, 0.15) is 35.0 Å². The normalized spacial score (nSPS) is 11.0. The summed E-state index contributed by atoms with van der Waals surface area (Å²) in [5.41, 5.74) is 5.12. The van der Waals surface area contributed by atoms with E-state index in [0.29, 0.717) is 17.9 Å². The summed E-state index contributed by atoms with van der Waals surface area (Å²) < 4.78 is 12.3. The van der Waals surface area contributed by atoms with Gasteiger partial charge in [0.25, 0.3) is 5.91 Å². The lowest BCUT2D eigenvalue weighted by atomic mass is 10.1. The van der Waals surface area contributed by atoms with Crippen LogP contribution < -0.4 is 10.2 Å². The van der Waals surface area contributed by atoms with Crippen molar-refractivity contribution in [2.75, 3.05) is 6.61 Å². The number of hydrogen-bond acceptors (Lipinski definition) is 4. The zero-order chi connectivity index (χ0) is 19.9. The van der Waals surface area contributed by atoms with E-state index in [0.717, 1.165) is 33.5 Å². The third kappa shape index (κ3) is 5.10. The van der Waals surface area contributed by atoms with Crippen molar-refractivity contribution in [3.63, 3.8) is 0 Å². The van der Waals surface area contributed by atoms with E-state index in [4.69, 9.17) is 9.15 Å². The van der Waals surface area contributed by atoms with Crippen molar-refractivity contribution in [1.82, 2.24) is 5.43 Å². The number of hydrazone groups is 1. The molecule has 0 aliphatic carbocycles. The van der Waals surface area contributed by atoms with Gasteiger partial charge < -0.3 is 9.15 Å². The van der Waals surface area contributed by atoms with Gasteiger partial charge in [-0.05, 0) is 61.4 Å². The molecule has 0 bridgehead atoms. The number of carbonyl (C=O) groups excluding carboxylic acids is 1. The van der Waals surface area contributed by atoms with Gasteiger partial charge in [0.2, 0.25) is 0 Å². The Morgan fingerprint density at radius 1 is 1.18 bits per heavy atom. The largest absolute Gasteiger partial charge is 0.494 e. The molecular formula is C22H21BrN2O3. The van der Waals surface area contributed by atoms with E-state index in [9.17, 15) is 4.79 Å². The predicted octanol–water partition coefficient (Wildman–Crippen LogP) is 5.57. The average Bonchev–Trinajstić information content (AvgIpc) is 3.17. The van der Waals surface area contributed by atoms with Gasteiger partial charge in [0, 0.05) is 15.6 Å². The standard InChI is InChI=1S/C22H21BrN2O3/c1-3-12-27-18-8-6-16(7-9-18)22(26)25-24-14-19-10-11-21(28-19)17-5-4-15(2)20(23)13-17/h4-11,13-14H,3,12H2,1-2H3,(H,25,26)/b24-14-. The molecule has 0 saturated heterocycles. The van der Waals surface area contributed by atoms with E-state index in [1.807, 2.05) is 38.1 Å². The zero-order valence-electron chi connectivity index (χ0n) is 15.7. The smallest absolute Gasteiger partial charge is 0.271 e. The lowest BCUT2D eigenvalue weighted by Crippen LogP contribution is -2.17. The van der Waals surface area contributed by atoms with Crippen molar-refractivity contribution >= 4 is 28.1 Å². The molecule has 2 aromatic carbocycles. The van der Waals surface area contributed by atoms with Gasteiger partial charge in [0.05, 0.1) is 12.8 Å². The Morgan fingerprint density at radius 2 is 1.96 bits per heavy atom. The molecule has 1 amide bonds. The summed E-state index contributed by atoms with van der Waals surface area (Å²) in [6.45, 7) is 4.73. The van der Waals surface area contributed by atoms with E-state index < -0.39 is 0 Å². The first-order valence-corrected chi connectivity index (χ1v) is 9.78. The van der Waals surface area contributed by atoms with Gasteiger partial charge in [-0.2, -0.15) is 5.10 Å². The van der Waals surface area contributed by atoms with Crippen molar-refractivity contribution in [3.05, 3.63) is 76.0 Å². The molecule has 0 unspecified atom stereocenters. The molecule has 28 heavy (non-hydrogen) atoms. The summed E-state index contributed by atoms with van der Waals surface area (Å²) in [7, 11) is 0. The number of ether oxygens (including phenoxy) is 1. The molecule has 1 heterocycles. The molecule has 3 rings (SSSR count). The second kappa shape index (κ2) is 9.37. The molecule has 0 atom stereocenters. The Bertz CT molecular complexity index is 978. The van der Waals surface area contributed by atoms with Crippen LogP contribution >= 0.6 is 15.9 Å². The maximum atomic E-state index is 12.2. The molecular weight excluding hydrogens is 420 g/mol. The second-order valence-electron chi connectivity index (χ2n) is 6.24. The van der Waals surface area contributed by atoms with Crippen LogP contribution in [0.15, 0.2) is 68.6 Å². The van der Waals surface area contributed by atoms with Crippen LogP contribution in [0.4, 0.5) is 0 Å². The molecule has 1 aromatic heterocycles. The van der Waals surface area contributed by atoms with Crippen molar-refractivity contribution in [1.29, 1.82) is 0 Å².